The van der Waals surface area contributed by atoms with Crippen LogP contribution in [0.3, 0.4) is 0 Å². The highest BCUT2D eigenvalue weighted by molar-refractivity contribution is 6.30. The summed E-state index contributed by atoms with van der Waals surface area (Å²) in [7, 11) is 0. The number of amides is 1. The second-order valence-corrected chi connectivity index (χ2v) is 6.37. The average molecular weight is 324 g/mol. The Hall–Kier alpha value is -1.92. The predicted octanol–water partition coefficient (Wildman–Crippen LogP) is 2.37. The van der Waals surface area contributed by atoms with Crippen LogP contribution in [0.5, 0.6) is 0 Å². The lowest BCUT2D eigenvalue weighted by Gasteiger charge is -2.11. The minimum Gasteiger partial charge on any atom is -0.378 e. The van der Waals surface area contributed by atoms with Gasteiger partial charge in [-0.2, -0.15) is 4.98 Å². The van der Waals surface area contributed by atoms with E-state index in [-0.39, 0.29) is 17.9 Å². The quantitative estimate of drug-likeness (QED) is 0.901. The number of nitrogens with one attached hydrogen (secondary N) is 1. The van der Waals surface area contributed by atoms with Gasteiger partial charge in [0.25, 0.3) is 5.91 Å². The Morgan fingerprint density at radius 2 is 2.18 bits per heavy atom. The summed E-state index contributed by atoms with van der Waals surface area (Å²) in [6.07, 6.45) is -1.30. The van der Waals surface area contributed by atoms with Gasteiger partial charge in [-0.3, -0.25) is 4.79 Å². The van der Waals surface area contributed by atoms with Crippen LogP contribution in [0.15, 0.2) is 28.8 Å². The van der Waals surface area contributed by atoms with E-state index in [2.05, 4.69) is 15.5 Å². The number of halogens is 1. The molecule has 0 fully saturated rings. The molecule has 2 aromatic rings. The van der Waals surface area contributed by atoms with Gasteiger partial charge in [-0.25, -0.2) is 0 Å². The Kier molecular flexibility index (Phi) is 4.83. The Labute approximate surface area is 133 Å². The molecule has 0 radical (unpaired) electrons. The van der Waals surface area contributed by atoms with E-state index in [0.29, 0.717) is 16.4 Å². The molecule has 0 aliphatic carbocycles. The molecular formula is C15H18ClN3O3. The van der Waals surface area contributed by atoms with E-state index in [1.54, 1.807) is 18.2 Å². The summed E-state index contributed by atoms with van der Waals surface area (Å²) in [6.45, 7) is 5.94. The Morgan fingerprint density at radius 3 is 2.77 bits per heavy atom. The van der Waals surface area contributed by atoms with Gasteiger partial charge in [0, 0.05) is 10.4 Å². The summed E-state index contributed by atoms with van der Waals surface area (Å²) >= 11 is 5.84. The Morgan fingerprint density at radius 1 is 1.45 bits per heavy atom. The lowest BCUT2D eigenvalue weighted by Crippen LogP contribution is -2.29. The first kappa shape index (κ1) is 16.5. The normalized spacial score (nSPS) is 13.0. The fourth-order valence-corrected chi connectivity index (χ4v) is 1.92. The Balaban J connectivity index is 1.96. The number of carbonyl (C=O) groups excluding carboxylic acids is 1. The van der Waals surface area contributed by atoms with Gasteiger partial charge in [-0.05, 0) is 17.7 Å². The lowest BCUT2D eigenvalue weighted by atomic mass is 9.96. The summed E-state index contributed by atoms with van der Waals surface area (Å²) in [6, 6.07) is 6.50. The van der Waals surface area contributed by atoms with E-state index in [4.69, 9.17) is 16.1 Å². The summed E-state index contributed by atoms with van der Waals surface area (Å²) in [5.41, 5.74) is 0.192. The SMILES string of the molecule is CC(C)(C)c1noc(CNC(=O)C(O)c2cccc(Cl)c2)n1. The molecule has 1 unspecified atom stereocenters. The molecule has 22 heavy (non-hydrogen) atoms. The highest BCUT2D eigenvalue weighted by Gasteiger charge is 2.22. The number of rotatable bonds is 4. The first-order chi connectivity index (χ1) is 10.3. The minimum atomic E-state index is -1.30. The maximum Gasteiger partial charge on any atom is 0.253 e. The second-order valence-electron chi connectivity index (χ2n) is 5.94. The number of aliphatic hydroxyl groups excluding tert-OH is 1. The number of hydrogen-bond acceptors (Lipinski definition) is 5. The molecule has 1 amide bonds. The van der Waals surface area contributed by atoms with Crippen molar-refractivity contribution >= 4 is 17.5 Å². The van der Waals surface area contributed by atoms with Crippen LogP contribution < -0.4 is 5.32 Å². The van der Waals surface area contributed by atoms with Crippen LogP contribution in [0.25, 0.3) is 0 Å². The van der Waals surface area contributed by atoms with Crippen molar-refractivity contribution in [3.05, 3.63) is 46.6 Å². The summed E-state index contributed by atoms with van der Waals surface area (Å²) < 4.78 is 5.07. The second kappa shape index (κ2) is 6.46. The molecule has 0 aliphatic heterocycles. The fourth-order valence-electron chi connectivity index (χ4n) is 1.72. The van der Waals surface area contributed by atoms with Crippen LogP contribution in [0.1, 0.15) is 44.2 Å². The monoisotopic (exact) mass is 323 g/mol. The zero-order chi connectivity index (χ0) is 16.3. The molecule has 0 saturated carbocycles. The highest BCUT2D eigenvalue weighted by atomic mass is 35.5. The molecule has 1 heterocycles. The molecule has 118 valence electrons. The number of carbonyl (C=O) groups is 1. The Bertz CT molecular complexity index is 664. The van der Waals surface area contributed by atoms with E-state index in [0.717, 1.165) is 0 Å². The molecule has 2 rings (SSSR count). The molecule has 1 aromatic carbocycles. The van der Waals surface area contributed by atoms with E-state index < -0.39 is 12.0 Å². The smallest absolute Gasteiger partial charge is 0.253 e. The van der Waals surface area contributed by atoms with Gasteiger partial charge in [0.2, 0.25) is 5.89 Å². The molecule has 1 aromatic heterocycles. The average Bonchev–Trinajstić information content (AvgIpc) is 2.93. The lowest BCUT2D eigenvalue weighted by molar-refractivity contribution is -0.129. The van der Waals surface area contributed by atoms with Gasteiger partial charge in [0.15, 0.2) is 11.9 Å². The van der Waals surface area contributed by atoms with E-state index in [1.807, 2.05) is 20.8 Å². The molecule has 0 bridgehead atoms. The van der Waals surface area contributed by atoms with Crippen molar-refractivity contribution in [1.29, 1.82) is 0 Å². The van der Waals surface area contributed by atoms with Crippen LogP contribution in [0.2, 0.25) is 5.02 Å². The van der Waals surface area contributed by atoms with Gasteiger partial charge in [-0.15, -0.1) is 0 Å². The molecule has 0 saturated heterocycles. The van der Waals surface area contributed by atoms with E-state index in [1.165, 1.54) is 6.07 Å². The topological polar surface area (TPSA) is 88.2 Å². The van der Waals surface area contributed by atoms with Crippen molar-refractivity contribution < 1.29 is 14.4 Å². The van der Waals surface area contributed by atoms with E-state index in [9.17, 15) is 9.90 Å². The fraction of sp³-hybridized carbons (Fsp3) is 0.400. The van der Waals surface area contributed by atoms with Crippen molar-refractivity contribution in [2.75, 3.05) is 0 Å². The molecule has 7 heteroatoms. The first-order valence-corrected chi connectivity index (χ1v) is 7.19. The molecule has 0 aliphatic rings. The van der Waals surface area contributed by atoms with Crippen molar-refractivity contribution in [2.45, 2.75) is 38.8 Å². The van der Waals surface area contributed by atoms with Gasteiger partial charge < -0.3 is 14.9 Å². The predicted molar refractivity (Wildman–Crippen MR) is 81.3 cm³/mol. The zero-order valence-electron chi connectivity index (χ0n) is 12.6. The largest absolute Gasteiger partial charge is 0.378 e. The van der Waals surface area contributed by atoms with Crippen molar-refractivity contribution in [3.8, 4) is 0 Å². The van der Waals surface area contributed by atoms with E-state index >= 15 is 0 Å². The number of aromatic nitrogens is 2. The van der Waals surface area contributed by atoms with Gasteiger partial charge >= 0.3 is 0 Å². The standard InChI is InChI=1S/C15H18ClN3O3/c1-15(2,3)14-18-11(22-19-14)8-17-13(21)12(20)9-5-4-6-10(16)7-9/h4-7,12,20H,8H2,1-3H3,(H,17,21). The minimum absolute atomic E-state index is 0.0551. The van der Waals surface area contributed by atoms with Gasteiger partial charge in [-0.1, -0.05) is 49.7 Å². The maximum absolute atomic E-state index is 11.9. The number of nitrogens with zero attached hydrogens (tertiary/aromatic N) is 2. The number of hydrogen-bond donors (Lipinski definition) is 2. The van der Waals surface area contributed by atoms with Crippen LogP contribution in [0, 0.1) is 0 Å². The van der Waals surface area contributed by atoms with Crippen LogP contribution >= 0.6 is 11.6 Å². The molecule has 0 spiro atoms. The summed E-state index contributed by atoms with van der Waals surface area (Å²) in [4.78, 5) is 16.1. The van der Waals surface area contributed by atoms with Crippen molar-refractivity contribution in [2.24, 2.45) is 0 Å². The highest BCUT2D eigenvalue weighted by Crippen LogP contribution is 2.19. The molecule has 2 N–H and O–H groups in total. The van der Waals surface area contributed by atoms with Gasteiger partial charge in [0.05, 0.1) is 6.54 Å². The molecule has 1 atom stereocenters. The number of benzene rings is 1. The molecular weight excluding hydrogens is 306 g/mol. The van der Waals surface area contributed by atoms with Crippen LogP contribution in [-0.4, -0.2) is 21.2 Å². The van der Waals surface area contributed by atoms with Crippen molar-refractivity contribution in [3.63, 3.8) is 0 Å². The van der Waals surface area contributed by atoms with Crippen LogP contribution in [-0.2, 0) is 16.8 Å². The van der Waals surface area contributed by atoms with Crippen molar-refractivity contribution in [1.82, 2.24) is 15.5 Å². The third kappa shape index (κ3) is 4.05. The van der Waals surface area contributed by atoms with Crippen LogP contribution in [0.4, 0.5) is 0 Å². The third-order valence-electron chi connectivity index (χ3n) is 2.97. The molecule has 6 nitrogen and oxygen atoms in total. The summed E-state index contributed by atoms with van der Waals surface area (Å²) in [5.74, 6) is 0.293. The zero-order valence-corrected chi connectivity index (χ0v) is 13.4. The summed E-state index contributed by atoms with van der Waals surface area (Å²) in [5, 5.41) is 16.9. The third-order valence-corrected chi connectivity index (χ3v) is 3.20. The number of aliphatic hydroxyl groups is 1. The maximum atomic E-state index is 11.9. The first-order valence-electron chi connectivity index (χ1n) is 6.81. The van der Waals surface area contributed by atoms with Gasteiger partial charge in [0.1, 0.15) is 0 Å².